The van der Waals surface area contributed by atoms with E-state index in [2.05, 4.69) is 21.2 Å². The van der Waals surface area contributed by atoms with E-state index in [1.54, 1.807) is 0 Å². The number of nitrogens with zero attached hydrogens (tertiary/aromatic N) is 2. The van der Waals surface area contributed by atoms with E-state index in [-0.39, 0.29) is 5.60 Å². The van der Waals surface area contributed by atoms with Crippen molar-refractivity contribution >= 4 is 0 Å². The zero-order valence-electron chi connectivity index (χ0n) is 13.6. The van der Waals surface area contributed by atoms with E-state index in [9.17, 15) is 0 Å². The first kappa shape index (κ1) is 14.3. The Morgan fingerprint density at radius 2 is 2.12 bits per heavy atom. The molecule has 2 aromatic rings. The van der Waals surface area contributed by atoms with Crippen LogP contribution in [0.2, 0.25) is 0 Å². The Hall–Kier alpha value is -2.05. The lowest BCUT2D eigenvalue weighted by Crippen LogP contribution is -2.46. The highest BCUT2D eigenvalue weighted by atomic mass is 16.7. The number of hydrogen-bond donors (Lipinski definition) is 1. The van der Waals surface area contributed by atoms with Crippen LogP contribution in [0.15, 0.2) is 24.4 Å². The minimum Gasteiger partial charge on any atom is -0.454 e. The molecule has 0 unspecified atom stereocenters. The number of H-pyrrole nitrogens is 1. The molecule has 3 aliphatic rings. The molecule has 1 aromatic heterocycles. The smallest absolute Gasteiger partial charge is 0.231 e. The first-order valence-electron chi connectivity index (χ1n) is 8.61. The maximum Gasteiger partial charge on any atom is 0.231 e. The van der Waals surface area contributed by atoms with Crippen molar-refractivity contribution in [1.29, 1.82) is 0 Å². The SMILES string of the molecule is c1cc(CN2CCC3(CC2)OCCc2cn[nH]c23)c2c(c1)OCO2. The molecule has 6 nitrogen and oxygen atoms in total. The highest BCUT2D eigenvalue weighted by molar-refractivity contribution is 5.48. The summed E-state index contributed by atoms with van der Waals surface area (Å²) in [6.45, 7) is 4.01. The van der Waals surface area contributed by atoms with E-state index in [1.165, 1.54) is 16.8 Å². The molecule has 6 heteroatoms. The Morgan fingerprint density at radius 1 is 1.21 bits per heavy atom. The third-order valence-electron chi connectivity index (χ3n) is 5.46. The lowest BCUT2D eigenvalue weighted by atomic mass is 9.83. The van der Waals surface area contributed by atoms with Crippen molar-refractivity contribution in [3.63, 3.8) is 0 Å². The Kier molecular flexibility index (Phi) is 3.28. The van der Waals surface area contributed by atoms with Gasteiger partial charge >= 0.3 is 0 Å². The molecule has 0 atom stereocenters. The third-order valence-corrected chi connectivity index (χ3v) is 5.46. The molecule has 1 fully saturated rings. The van der Waals surface area contributed by atoms with E-state index >= 15 is 0 Å². The molecule has 0 bridgehead atoms. The number of nitrogens with one attached hydrogen (secondary N) is 1. The van der Waals surface area contributed by atoms with Gasteiger partial charge in [0.1, 0.15) is 5.60 Å². The summed E-state index contributed by atoms with van der Waals surface area (Å²) in [6, 6.07) is 6.13. The Morgan fingerprint density at radius 3 is 3.04 bits per heavy atom. The van der Waals surface area contributed by atoms with Gasteiger partial charge in [-0.3, -0.25) is 10.00 Å². The fourth-order valence-electron chi connectivity index (χ4n) is 4.15. The summed E-state index contributed by atoms with van der Waals surface area (Å²) in [5.41, 5.74) is 3.55. The van der Waals surface area contributed by atoms with Crippen molar-refractivity contribution in [2.24, 2.45) is 0 Å². The van der Waals surface area contributed by atoms with E-state index in [0.29, 0.717) is 6.79 Å². The van der Waals surface area contributed by atoms with Gasteiger partial charge in [-0.25, -0.2) is 0 Å². The average Bonchev–Trinajstić information content (AvgIpc) is 3.27. The molecule has 24 heavy (non-hydrogen) atoms. The number of para-hydroxylation sites is 1. The third kappa shape index (κ3) is 2.21. The van der Waals surface area contributed by atoms with Gasteiger partial charge in [-0.1, -0.05) is 12.1 Å². The summed E-state index contributed by atoms with van der Waals surface area (Å²) in [5.74, 6) is 1.77. The molecule has 3 aliphatic heterocycles. The van der Waals surface area contributed by atoms with Crippen LogP contribution >= 0.6 is 0 Å². The van der Waals surface area contributed by atoms with Crippen LogP contribution in [0.5, 0.6) is 11.5 Å². The molecule has 0 saturated carbocycles. The van der Waals surface area contributed by atoms with Gasteiger partial charge in [0.15, 0.2) is 11.5 Å². The van der Waals surface area contributed by atoms with Crippen LogP contribution in [0.1, 0.15) is 29.7 Å². The average molecular weight is 327 g/mol. The second-order valence-corrected chi connectivity index (χ2v) is 6.79. The molecule has 1 aromatic carbocycles. The number of rotatable bonds is 2. The zero-order chi connectivity index (χ0) is 16.0. The molecule has 0 aliphatic carbocycles. The minimum absolute atomic E-state index is 0.168. The highest BCUT2D eigenvalue weighted by Crippen LogP contribution is 2.41. The van der Waals surface area contributed by atoms with Crippen molar-refractivity contribution < 1.29 is 14.2 Å². The molecule has 0 amide bonds. The highest BCUT2D eigenvalue weighted by Gasteiger charge is 2.42. The van der Waals surface area contributed by atoms with Crippen molar-refractivity contribution in [3.8, 4) is 11.5 Å². The van der Waals surface area contributed by atoms with E-state index in [0.717, 1.165) is 57.0 Å². The van der Waals surface area contributed by atoms with Crippen molar-refractivity contribution in [1.82, 2.24) is 15.1 Å². The predicted octanol–water partition coefficient (Wildman–Crippen LogP) is 2.20. The van der Waals surface area contributed by atoms with Crippen LogP contribution in [0.25, 0.3) is 0 Å². The molecular weight excluding hydrogens is 306 g/mol. The maximum atomic E-state index is 6.22. The van der Waals surface area contributed by atoms with Crippen LogP contribution in [0, 0.1) is 0 Å². The normalized spacial score (nSPS) is 21.8. The first-order valence-corrected chi connectivity index (χ1v) is 8.61. The van der Waals surface area contributed by atoms with Crippen LogP contribution in [0.3, 0.4) is 0 Å². The number of aromatic amines is 1. The lowest BCUT2D eigenvalue weighted by molar-refractivity contribution is -0.102. The fourth-order valence-corrected chi connectivity index (χ4v) is 4.15. The van der Waals surface area contributed by atoms with Gasteiger partial charge in [-0.2, -0.15) is 5.10 Å². The zero-order valence-corrected chi connectivity index (χ0v) is 13.6. The van der Waals surface area contributed by atoms with Crippen LogP contribution in [-0.2, 0) is 23.3 Å². The fraction of sp³-hybridized carbons (Fsp3) is 0.500. The lowest BCUT2D eigenvalue weighted by Gasteiger charge is -2.43. The minimum atomic E-state index is -0.168. The van der Waals surface area contributed by atoms with Crippen LogP contribution in [-0.4, -0.2) is 41.6 Å². The Bertz CT molecular complexity index is 750. The van der Waals surface area contributed by atoms with E-state index in [1.807, 2.05) is 18.3 Å². The van der Waals surface area contributed by atoms with Gasteiger partial charge < -0.3 is 14.2 Å². The van der Waals surface area contributed by atoms with Crippen LogP contribution < -0.4 is 9.47 Å². The van der Waals surface area contributed by atoms with Crippen LogP contribution in [0.4, 0.5) is 0 Å². The van der Waals surface area contributed by atoms with Gasteiger partial charge in [-0.05, 0) is 30.9 Å². The maximum absolute atomic E-state index is 6.22. The molecule has 0 radical (unpaired) electrons. The Balaban J connectivity index is 1.31. The molecule has 126 valence electrons. The van der Waals surface area contributed by atoms with Crippen molar-refractivity contribution in [2.45, 2.75) is 31.4 Å². The molecule has 1 N–H and O–H groups in total. The predicted molar refractivity (Wildman–Crippen MR) is 87.0 cm³/mol. The van der Waals surface area contributed by atoms with Gasteiger partial charge in [0.2, 0.25) is 6.79 Å². The standard InChI is InChI=1S/C18H21N3O3/c1-2-14(16-15(3-1)22-12-23-16)11-21-7-5-18(6-8-21)17-13(4-9-24-18)10-19-20-17/h1-3,10H,4-9,11-12H2,(H,19,20). The number of aromatic nitrogens is 2. The quantitative estimate of drug-likeness (QED) is 0.916. The largest absolute Gasteiger partial charge is 0.454 e. The number of piperidine rings is 1. The topological polar surface area (TPSA) is 59.6 Å². The molecule has 1 saturated heterocycles. The summed E-state index contributed by atoms with van der Waals surface area (Å²) in [5, 5.41) is 7.42. The van der Waals surface area contributed by atoms with Crippen molar-refractivity contribution in [2.75, 3.05) is 26.5 Å². The molecular formula is C18H21N3O3. The summed E-state index contributed by atoms with van der Waals surface area (Å²) >= 11 is 0. The second-order valence-electron chi connectivity index (χ2n) is 6.79. The molecule has 4 heterocycles. The molecule has 5 rings (SSSR count). The summed E-state index contributed by atoms with van der Waals surface area (Å²) in [4.78, 5) is 2.47. The van der Waals surface area contributed by atoms with Gasteiger partial charge in [-0.15, -0.1) is 0 Å². The monoisotopic (exact) mass is 327 g/mol. The number of ether oxygens (including phenoxy) is 3. The number of fused-ring (bicyclic) bond motifs is 3. The number of hydrogen-bond acceptors (Lipinski definition) is 5. The summed E-state index contributed by atoms with van der Waals surface area (Å²) in [7, 11) is 0. The summed E-state index contributed by atoms with van der Waals surface area (Å²) in [6.07, 6.45) is 4.91. The first-order chi connectivity index (χ1) is 11.8. The second kappa shape index (κ2) is 5.50. The number of benzene rings is 1. The number of likely N-dealkylation sites (tertiary alicyclic amines) is 1. The summed E-state index contributed by atoms with van der Waals surface area (Å²) < 4.78 is 17.3. The van der Waals surface area contributed by atoms with E-state index in [4.69, 9.17) is 14.2 Å². The van der Waals surface area contributed by atoms with Crippen molar-refractivity contribution in [3.05, 3.63) is 41.2 Å². The Labute approximate surface area is 140 Å². The van der Waals surface area contributed by atoms with Gasteiger partial charge in [0, 0.05) is 25.2 Å². The molecule has 1 spiro atoms. The van der Waals surface area contributed by atoms with Gasteiger partial charge in [0.25, 0.3) is 0 Å². The van der Waals surface area contributed by atoms with E-state index < -0.39 is 0 Å². The van der Waals surface area contributed by atoms with Gasteiger partial charge in [0.05, 0.1) is 18.5 Å².